The first kappa shape index (κ1) is 14.1. The topological polar surface area (TPSA) is 55.6 Å². The largest absolute Gasteiger partial charge is 0.468 e. The van der Waals surface area contributed by atoms with Crippen LogP contribution in [0, 0.1) is 13.8 Å². The van der Waals surface area contributed by atoms with Gasteiger partial charge < -0.3 is 9.15 Å². The molecule has 1 aromatic heterocycles. The molecule has 2 rings (SSSR count). The van der Waals surface area contributed by atoms with Crippen LogP contribution < -0.4 is 0 Å². The molecule has 0 aromatic carbocycles. The highest BCUT2D eigenvalue weighted by Gasteiger charge is 2.26. The molecule has 5 nitrogen and oxygen atoms in total. The summed E-state index contributed by atoms with van der Waals surface area (Å²) in [7, 11) is 1.43. The van der Waals surface area contributed by atoms with E-state index in [4.69, 9.17) is 9.15 Å². The standard InChI is InChI=1S/C14H22N2O3/c1-10-11(2)19-13(15-10)8-16(9-14(17)18-3)12-6-4-5-7-12/h12H,4-9H2,1-3H3. The first-order chi connectivity index (χ1) is 9.10. The minimum Gasteiger partial charge on any atom is -0.468 e. The number of aryl methyl sites for hydroxylation is 2. The summed E-state index contributed by atoms with van der Waals surface area (Å²) in [6, 6.07) is 0.437. The fourth-order valence-corrected chi connectivity index (χ4v) is 2.59. The minimum atomic E-state index is -0.202. The summed E-state index contributed by atoms with van der Waals surface area (Å²) < 4.78 is 10.4. The Kier molecular flexibility index (Phi) is 4.58. The number of hydrogen-bond donors (Lipinski definition) is 0. The average molecular weight is 266 g/mol. The van der Waals surface area contributed by atoms with E-state index in [-0.39, 0.29) is 5.97 Å². The number of nitrogens with zero attached hydrogens (tertiary/aromatic N) is 2. The van der Waals surface area contributed by atoms with Crippen molar-refractivity contribution >= 4 is 5.97 Å². The van der Waals surface area contributed by atoms with Gasteiger partial charge in [0.25, 0.3) is 0 Å². The molecule has 0 radical (unpaired) electrons. The minimum absolute atomic E-state index is 0.202. The highest BCUT2D eigenvalue weighted by atomic mass is 16.5. The second kappa shape index (κ2) is 6.19. The van der Waals surface area contributed by atoms with Gasteiger partial charge in [-0.05, 0) is 26.7 Å². The van der Waals surface area contributed by atoms with Crippen molar-refractivity contribution in [3.63, 3.8) is 0 Å². The van der Waals surface area contributed by atoms with Crippen molar-refractivity contribution in [1.82, 2.24) is 9.88 Å². The molecular formula is C14H22N2O3. The van der Waals surface area contributed by atoms with Gasteiger partial charge in [-0.2, -0.15) is 0 Å². The van der Waals surface area contributed by atoms with E-state index in [0.717, 1.165) is 24.3 Å². The molecule has 1 aliphatic rings. The molecule has 1 saturated carbocycles. The smallest absolute Gasteiger partial charge is 0.319 e. The Morgan fingerprint density at radius 2 is 2.11 bits per heavy atom. The quantitative estimate of drug-likeness (QED) is 0.765. The summed E-state index contributed by atoms with van der Waals surface area (Å²) in [5.41, 5.74) is 0.916. The van der Waals surface area contributed by atoms with Crippen molar-refractivity contribution in [2.24, 2.45) is 0 Å². The van der Waals surface area contributed by atoms with Crippen molar-refractivity contribution in [3.8, 4) is 0 Å². The molecule has 0 aliphatic heterocycles. The molecule has 19 heavy (non-hydrogen) atoms. The Hall–Kier alpha value is -1.36. The van der Waals surface area contributed by atoms with Gasteiger partial charge in [-0.25, -0.2) is 4.98 Å². The number of ether oxygens (including phenoxy) is 1. The van der Waals surface area contributed by atoms with Crippen LogP contribution in [0.3, 0.4) is 0 Å². The zero-order valence-corrected chi connectivity index (χ0v) is 11.9. The van der Waals surface area contributed by atoms with Gasteiger partial charge in [0.1, 0.15) is 5.76 Å². The summed E-state index contributed by atoms with van der Waals surface area (Å²) in [5, 5.41) is 0. The van der Waals surface area contributed by atoms with Crippen LogP contribution in [0.1, 0.15) is 43.0 Å². The highest BCUT2D eigenvalue weighted by molar-refractivity contribution is 5.71. The molecule has 0 N–H and O–H groups in total. The third-order valence-electron chi connectivity index (χ3n) is 3.81. The van der Waals surface area contributed by atoms with Crippen LogP contribution in [0.25, 0.3) is 0 Å². The first-order valence-electron chi connectivity index (χ1n) is 6.84. The molecule has 0 saturated heterocycles. The molecule has 1 heterocycles. The van der Waals surface area contributed by atoms with Gasteiger partial charge in [0.15, 0.2) is 0 Å². The van der Waals surface area contributed by atoms with Crippen LogP contribution in [0.2, 0.25) is 0 Å². The molecule has 1 aromatic rings. The lowest BCUT2D eigenvalue weighted by atomic mass is 10.2. The summed E-state index contributed by atoms with van der Waals surface area (Å²) in [6.45, 7) is 4.73. The maximum Gasteiger partial charge on any atom is 0.319 e. The van der Waals surface area contributed by atoms with Gasteiger partial charge in [0.05, 0.1) is 25.9 Å². The van der Waals surface area contributed by atoms with E-state index in [0.29, 0.717) is 25.0 Å². The van der Waals surface area contributed by atoms with Crippen LogP contribution in [0.15, 0.2) is 4.42 Å². The second-order valence-electron chi connectivity index (χ2n) is 5.17. The highest BCUT2D eigenvalue weighted by Crippen LogP contribution is 2.25. The van der Waals surface area contributed by atoms with Gasteiger partial charge >= 0.3 is 5.97 Å². The van der Waals surface area contributed by atoms with Crippen molar-refractivity contribution in [2.45, 2.75) is 52.1 Å². The van der Waals surface area contributed by atoms with E-state index in [1.165, 1.54) is 20.0 Å². The number of esters is 1. The fraction of sp³-hybridized carbons (Fsp3) is 0.714. The summed E-state index contributed by atoms with van der Waals surface area (Å²) in [5.74, 6) is 1.33. The van der Waals surface area contributed by atoms with Crippen molar-refractivity contribution in [3.05, 3.63) is 17.3 Å². The summed E-state index contributed by atoms with van der Waals surface area (Å²) in [4.78, 5) is 18.0. The maximum atomic E-state index is 11.5. The predicted molar refractivity (Wildman–Crippen MR) is 70.7 cm³/mol. The Balaban J connectivity index is 2.05. The number of oxazole rings is 1. The predicted octanol–water partition coefficient (Wildman–Crippen LogP) is 2.21. The monoisotopic (exact) mass is 266 g/mol. The first-order valence-corrected chi connectivity index (χ1v) is 6.84. The van der Waals surface area contributed by atoms with E-state index in [2.05, 4.69) is 9.88 Å². The molecule has 5 heteroatoms. The molecular weight excluding hydrogens is 244 g/mol. The average Bonchev–Trinajstić information content (AvgIpc) is 2.99. The molecule has 106 valence electrons. The van der Waals surface area contributed by atoms with Gasteiger partial charge in [-0.3, -0.25) is 9.69 Å². The van der Waals surface area contributed by atoms with Gasteiger partial charge in [-0.15, -0.1) is 0 Å². The van der Waals surface area contributed by atoms with Crippen LogP contribution >= 0.6 is 0 Å². The molecule has 0 atom stereocenters. The van der Waals surface area contributed by atoms with E-state index in [1.807, 2.05) is 13.8 Å². The molecule has 1 fully saturated rings. The molecule has 0 unspecified atom stereocenters. The van der Waals surface area contributed by atoms with E-state index < -0.39 is 0 Å². The Labute approximate surface area is 113 Å². The molecule has 0 bridgehead atoms. The lowest BCUT2D eigenvalue weighted by Gasteiger charge is -2.26. The zero-order valence-electron chi connectivity index (χ0n) is 11.9. The van der Waals surface area contributed by atoms with E-state index in [1.54, 1.807) is 0 Å². The molecule has 1 aliphatic carbocycles. The number of hydrogen-bond acceptors (Lipinski definition) is 5. The third kappa shape index (κ3) is 3.56. The normalized spacial score (nSPS) is 16.2. The Morgan fingerprint density at radius 3 is 2.63 bits per heavy atom. The van der Waals surface area contributed by atoms with Crippen LogP contribution in [0.4, 0.5) is 0 Å². The molecule has 0 amide bonds. The number of rotatable bonds is 5. The Bertz CT molecular complexity index is 416. The number of carbonyl (C=O) groups excluding carboxylic acids is 1. The Morgan fingerprint density at radius 1 is 1.42 bits per heavy atom. The van der Waals surface area contributed by atoms with Gasteiger partial charge in [0.2, 0.25) is 5.89 Å². The van der Waals surface area contributed by atoms with Gasteiger partial charge in [0, 0.05) is 6.04 Å². The maximum absolute atomic E-state index is 11.5. The number of carbonyl (C=O) groups is 1. The zero-order chi connectivity index (χ0) is 13.8. The second-order valence-corrected chi connectivity index (χ2v) is 5.17. The summed E-state index contributed by atoms with van der Waals surface area (Å²) >= 11 is 0. The SMILES string of the molecule is COC(=O)CN(Cc1nc(C)c(C)o1)C1CCCC1. The van der Waals surface area contributed by atoms with E-state index >= 15 is 0 Å². The lowest BCUT2D eigenvalue weighted by Crippen LogP contribution is -2.37. The number of aromatic nitrogens is 1. The third-order valence-corrected chi connectivity index (χ3v) is 3.81. The van der Waals surface area contributed by atoms with Gasteiger partial charge in [-0.1, -0.05) is 12.8 Å². The van der Waals surface area contributed by atoms with Crippen molar-refractivity contribution in [2.75, 3.05) is 13.7 Å². The van der Waals surface area contributed by atoms with E-state index in [9.17, 15) is 4.79 Å². The van der Waals surface area contributed by atoms with Crippen LogP contribution in [-0.4, -0.2) is 35.5 Å². The summed E-state index contributed by atoms with van der Waals surface area (Å²) in [6.07, 6.45) is 4.73. The van der Waals surface area contributed by atoms with Crippen molar-refractivity contribution < 1.29 is 13.9 Å². The lowest BCUT2D eigenvalue weighted by molar-refractivity contribution is -0.142. The number of methoxy groups -OCH3 is 1. The van der Waals surface area contributed by atoms with Crippen LogP contribution in [-0.2, 0) is 16.1 Å². The van der Waals surface area contributed by atoms with Crippen LogP contribution in [0.5, 0.6) is 0 Å². The fourth-order valence-electron chi connectivity index (χ4n) is 2.59. The van der Waals surface area contributed by atoms with Crippen molar-refractivity contribution in [1.29, 1.82) is 0 Å². The molecule has 0 spiro atoms.